The van der Waals surface area contributed by atoms with Gasteiger partial charge in [0.05, 0.1) is 5.25 Å². The van der Waals surface area contributed by atoms with Gasteiger partial charge in [-0.1, -0.05) is 53.2 Å². The lowest BCUT2D eigenvalue weighted by molar-refractivity contribution is 0.149. The first-order valence-corrected chi connectivity index (χ1v) is 9.38. The molecule has 0 aromatic heterocycles. The lowest BCUT2D eigenvalue weighted by Crippen LogP contribution is -2.34. The minimum atomic E-state index is 0.104. The van der Waals surface area contributed by atoms with Gasteiger partial charge in [-0.05, 0) is 36.2 Å². The molecule has 1 rings (SSSR count). The molecule has 0 amide bonds. The van der Waals surface area contributed by atoms with Crippen molar-refractivity contribution in [1.82, 2.24) is 4.90 Å². The molecule has 0 aromatic carbocycles. The van der Waals surface area contributed by atoms with Crippen molar-refractivity contribution in [3.8, 4) is 0 Å². The van der Waals surface area contributed by atoms with E-state index in [2.05, 4.69) is 51.8 Å². The van der Waals surface area contributed by atoms with E-state index in [1.165, 1.54) is 38.8 Å². The highest BCUT2D eigenvalue weighted by Gasteiger charge is 2.44. The molecule has 3 unspecified atom stereocenters. The highest BCUT2D eigenvalue weighted by molar-refractivity contribution is 7.81. The van der Waals surface area contributed by atoms with Crippen molar-refractivity contribution in [2.24, 2.45) is 23.0 Å². The van der Waals surface area contributed by atoms with Crippen LogP contribution in [0.4, 0.5) is 0 Å². The second kappa shape index (κ2) is 9.02. The Balaban J connectivity index is 2.81. The third-order valence-electron chi connectivity index (χ3n) is 5.06. The maximum atomic E-state index is 6.07. The van der Waals surface area contributed by atoms with Crippen LogP contribution in [-0.2, 0) is 0 Å². The minimum Gasteiger partial charge on any atom is -0.401 e. The van der Waals surface area contributed by atoms with Crippen molar-refractivity contribution in [2.45, 2.75) is 58.6 Å². The van der Waals surface area contributed by atoms with Crippen LogP contribution in [-0.4, -0.2) is 29.8 Å². The van der Waals surface area contributed by atoms with E-state index < -0.39 is 0 Å². The van der Waals surface area contributed by atoms with E-state index >= 15 is 0 Å². The van der Waals surface area contributed by atoms with Gasteiger partial charge in [0.25, 0.3) is 0 Å². The Hall–Kier alpha value is -0.410. The first-order valence-electron chi connectivity index (χ1n) is 8.87. The Morgan fingerprint density at radius 2 is 2.14 bits per heavy atom. The summed E-state index contributed by atoms with van der Waals surface area (Å²) in [5.41, 5.74) is 7.38. The number of hydrogen-bond acceptors (Lipinski definition) is 3. The standard InChI is InChI=1S/C19H36N2S/c1-6-9-17(20)18(22)13-21-12-16(8-3)19(14-21,10-7-2)11-15(4)5/h6,9,15-16,18,22H,1,7-8,10-14,20H2,2-5H3/b17-9-. The average molecular weight is 325 g/mol. The third kappa shape index (κ3) is 5.06. The van der Waals surface area contributed by atoms with Crippen LogP contribution in [0.5, 0.6) is 0 Å². The topological polar surface area (TPSA) is 29.3 Å². The fourth-order valence-electron chi connectivity index (χ4n) is 4.37. The summed E-state index contributed by atoms with van der Waals surface area (Å²) < 4.78 is 0. The van der Waals surface area contributed by atoms with E-state index in [9.17, 15) is 0 Å². The van der Waals surface area contributed by atoms with Gasteiger partial charge in [-0.15, -0.1) is 0 Å². The summed E-state index contributed by atoms with van der Waals surface area (Å²) in [5, 5.41) is 0.104. The number of rotatable bonds is 9. The minimum absolute atomic E-state index is 0.104. The van der Waals surface area contributed by atoms with Gasteiger partial charge in [-0.25, -0.2) is 0 Å². The molecule has 22 heavy (non-hydrogen) atoms. The monoisotopic (exact) mass is 324 g/mol. The molecule has 2 nitrogen and oxygen atoms in total. The molecular weight excluding hydrogens is 288 g/mol. The number of likely N-dealkylation sites (tertiary alicyclic amines) is 1. The average Bonchev–Trinajstić information content (AvgIpc) is 2.75. The summed E-state index contributed by atoms with van der Waals surface area (Å²) in [5.74, 6) is 1.57. The van der Waals surface area contributed by atoms with E-state index in [-0.39, 0.29) is 5.25 Å². The van der Waals surface area contributed by atoms with Crippen LogP contribution >= 0.6 is 12.6 Å². The zero-order chi connectivity index (χ0) is 16.8. The first kappa shape index (κ1) is 19.6. The zero-order valence-corrected chi connectivity index (χ0v) is 15.9. The molecular formula is C19H36N2S. The maximum absolute atomic E-state index is 6.07. The van der Waals surface area contributed by atoms with Crippen LogP contribution in [0, 0.1) is 17.3 Å². The normalized spacial score (nSPS) is 28.3. The van der Waals surface area contributed by atoms with Gasteiger partial charge < -0.3 is 10.6 Å². The van der Waals surface area contributed by atoms with Gasteiger partial charge in [-0.2, -0.15) is 12.6 Å². The van der Waals surface area contributed by atoms with Gasteiger partial charge in [0.1, 0.15) is 0 Å². The number of nitrogens with zero attached hydrogens (tertiary/aromatic N) is 1. The van der Waals surface area contributed by atoms with Crippen LogP contribution in [0.2, 0.25) is 0 Å². The molecule has 0 saturated carbocycles. The summed E-state index contributed by atoms with van der Waals surface area (Å²) >= 11 is 4.69. The van der Waals surface area contributed by atoms with Gasteiger partial charge >= 0.3 is 0 Å². The zero-order valence-electron chi connectivity index (χ0n) is 15.0. The Bertz CT molecular complexity index is 378. The number of allylic oxidation sites excluding steroid dienone is 2. The van der Waals surface area contributed by atoms with Crippen LogP contribution in [0.25, 0.3) is 0 Å². The van der Waals surface area contributed by atoms with Crippen molar-refractivity contribution >= 4 is 12.6 Å². The predicted octanol–water partition coefficient (Wildman–Crippen LogP) is 4.49. The van der Waals surface area contributed by atoms with Gasteiger partial charge in [0.15, 0.2) is 0 Å². The number of hydrogen-bond donors (Lipinski definition) is 2. The molecule has 0 bridgehead atoms. The van der Waals surface area contributed by atoms with E-state index in [4.69, 9.17) is 5.73 Å². The van der Waals surface area contributed by atoms with Crippen molar-refractivity contribution in [3.63, 3.8) is 0 Å². The second-order valence-electron chi connectivity index (χ2n) is 7.43. The van der Waals surface area contributed by atoms with Crippen molar-refractivity contribution < 1.29 is 0 Å². The van der Waals surface area contributed by atoms with Gasteiger partial charge in [-0.3, -0.25) is 0 Å². The van der Waals surface area contributed by atoms with E-state index in [1.54, 1.807) is 6.08 Å². The Labute approximate surface area is 143 Å². The van der Waals surface area contributed by atoms with E-state index in [0.29, 0.717) is 5.41 Å². The maximum Gasteiger partial charge on any atom is 0.0539 e. The first-order chi connectivity index (χ1) is 10.4. The largest absolute Gasteiger partial charge is 0.401 e. The summed E-state index contributed by atoms with van der Waals surface area (Å²) in [6.07, 6.45) is 8.86. The Morgan fingerprint density at radius 1 is 1.45 bits per heavy atom. The lowest BCUT2D eigenvalue weighted by Gasteiger charge is -2.36. The second-order valence-corrected chi connectivity index (χ2v) is 8.05. The highest BCUT2D eigenvalue weighted by atomic mass is 32.1. The van der Waals surface area contributed by atoms with Crippen LogP contribution in [0.3, 0.4) is 0 Å². The Kier molecular flexibility index (Phi) is 8.06. The van der Waals surface area contributed by atoms with Crippen LogP contribution in [0.15, 0.2) is 24.4 Å². The summed E-state index contributed by atoms with van der Waals surface area (Å²) in [4.78, 5) is 2.59. The molecule has 0 spiro atoms. The molecule has 0 aromatic rings. The molecule has 0 radical (unpaired) electrons. The molecule has 1 aliphatic heterocycles. The van der Waals surface area contributed by atoms with Crippen molar-refractivity contribution in [3.05, 3.63) is 24.4 Å². The third-order valence-corrected chi connectivity index (χ3v) is 5.53. The summed E-state index contributed by atoms with van der Waals surface area (Å²) in [6, 6.07) is 0. The van der Waals surface area contributed by atoms with Crippen molar-refractivity contribution in [1.29, 1.82) is 0 Å². The summed E-state index contributed by atoms with van der Waals surface area (Å²) in [6.45, 7) is 16.5. The van der Waals surface area contributed by atoms with Crippen molar-refractivity contribution in [2.75, 3.05) is 19.6 Å². The number of nitrogens with two attached hydrogens (primary N) is 1. The molecule has 1 heterocycles. The molecule has 3 heteroatoms. The molecule has 1 saturated heterocycles. The fraction of sp³-hybridized carbons (Fsp3) is 0.789. The predicted molar refractivity (Wildman–Crippen MR) is 102 cm³/mol. The smallest absolute Gasteiger partial charge is 0.0539 e. The number of thiol groups is 1. The molecule has 1 fully saturated rings. The summed E-state index contributed by atoms with van der Waals surface area (Å²) in [7, 11) is 0. The molecule has 2 N–H and O–H groups in total. The quantitative estimate of drug-likeness (QED) is 0.483. The fourth-order valence-corrected chi connectivity index (χ4v) is 4.69. The molecule has 3 atom stereocenters. The SMILES string of the molecule is C=C/C=C(\N)C(S)CN1CC(CC)C(CCC)(CC(C)C)C1. The van der Waals surface area contributed by atoms with Crippen LogP contribution in [0.1, 0.15) is 53.4 Å². The van der Waals surface area contributed by atoms with E-state index in [1.807, 2.05) is 6.08 Å². The molecule has 0 aliphatic carbocycles. The molecule has 128 valence electrons. The Morgan fingerprint density at radius 3 is 2.64 bits per heavy atom. The van der Waals surface area contributed by atoms with E-state index in [0.717, 1.165) is 24.1 Å². The highest BCUT2D eigenvalue weighted by Crippen LogP contribution is 2.46. The van der Waals surface area contributed by atoms with Crippen LogP contribution < -0.4 is 5.73 Å². The van der Waals surface area contributed by atoms with Gasteiger partial charge in [0, 0.05) is 25.3 Å². The lowest BCUT2D eigenvalue weighted by atomic mass is 9.69. The molecule has 1 aliphatic rings. The van der Waals surface area contributed by atoms with Gasteiger partial charge in [0.2, 0.25) is 0 Å².